The second-order valence-corrected chi connectivity index (χ2v) is 5.05. The Hall–Kier alpha value is -1.93. The Bertz CT molecular complexity index is 928. The van der Waals surface area contributed by atoms with E-state index in [1.54, 1.807) is 0 Å². The summed E-state index contributed by atoms with van der Waals surface area (Å²) in [5, 5.41) is 5.29. The second-order valence-electron chi connectivity index (χ2n) is 5.05. The molecule has 2 aromatic carbocycles. The Labute approximate surface area is 128 Å². The zero-order chi connectivity index (χ0) is 12.8. The van der Waals surface area contributed by atoms with E-state index in [1.807, 2.05) is 0 Å². The van der Waals surface area contributed by atoms with Gasteiger partial charge in [0.2, 0.25) is 5.52 Å². The lowest BCUT2D eigenvalue weighted by Crippen LogP contribution is -3.00. The van der Waals surface area contributed by atoms with Crippen molar-refractivity contribution in [2.45, 2.75) is 6.92 Å². The van der Waals surface area contributed by atoms with Crippen molar-refractivity contribution < 1.29 is 21.4 Å². The van der Waals surface area contributed by atoms with Crippen LogP contribution in [0.4, 0.5) is 0 Å². The predicted octanol–water partition coefficient (Wildman–Crippen LogP) is 1.04. The largest absolute Gasteiger partial charge is 1.00 e. The molecule has 98 valence electrons. The molecule has 20 heavy (non-hydrogen) atoms. The van der Waals surface area contributed by atoms with E-state index in [0.717, 1.165) is 0 Å². The Morgan fingerprint density at radius 3 is 2.40 bits per heavy atom. The monoisotopic (exact) mass is 323 g/mol. The van der Waals surface area contributed by atoms with Crippen LogP contribution in [0.25, 0.3) is 27.1 Å². The van der Waals surface area contributed by atoms with Gasteiger partial charge in [-0.25, -0.2) is 0 Å². The molecule has 2 aromatic heterocycles. The zero-order valence-corrected chi connectivity index (χ0v) is 12.8. The van der Waals surface area contributed by atoms with Crippen LogP contribution in [0.2, 0.25) is 0 Å². The van der Waals surface area contributed by atoms with Crippen LogP contribution in [0.3, 0.4) is 0 Å². The highest BCUT2D eigenvalue weighted by atomic mass is 79.9. The molecule has 2 heteroatoms. The highest BCUT2D eigenvalue weighted by molar-refractivity contribution is 6.08. The quantitative estimate of drug-likeness (QED) is 0.259. The standard InChI is InChI=1S/C18H14N.BrH/c1-13-10-14-11-15-6-4-5-9-19(15)12-18(14)17-8-3-2-7-16(13)17;/h2-12H,1H3;1H/q+1;/p-1. The summed E-state index contributed by atoms with van der Waals surface area (Å²) in [4.78, 5) is 0. The van der Waals surface area contributed by atoms with Crippen LogP contribution in [0, 0.1) is 6.92 Å². The van der Waals surface area contributed by atoms with Crippen molar-refractivity contribution in [1.29, 1.82) is 0 Å². The molecule has 0 atom stereocenters. The predicted molar refractivity (Wildman–Crippen MR) is 79.4 cm³/mol. The van der Waals surface area contributed by atoms with Crippen molar-refractivity contribution in [3.05, 3.63) is 72.6 Å². The number of rotatable bonds is 0. The first-order valence-corrected chi connectivity index (χ1v) is 6.55. The van der Waals surface area contributed by atoms with Gasteiger partial charge in [-0.15, -0.1) is 0 Å². The highest BCUT2D eigenvalue weighted by Gasteiger charge is 2.09. The van der Waals surface area contributed by atoms with Gasteiger partial charge in [-0.2, -0.15) is 4.40 Å². The molecule has 0 N–H and O–H groups in total. The third-order valence-electron chi connectivity index (χ3n) is 3.82. The second kappa shape index (κ2) is 4.88. The van der Waals surface area contributed by atoms with Gasteiger partial charge in [0.05, 0.1) is 5.39 Å². The summed E-state index contributed by atoms with van der Waals surface area (Å²) in [7, 11) is 0. The summed E-state index contributed by atoms with van der Waals surface area (Å²) in [6.45, 7) is 2.18. The van der Waals surface area contributed by atoms with E-state index >= 15 is 0 Å². The molecule has 0 spiro atoms. The van der Waals surface area contributed by atoms with E-state index in [1.165, 1.54) is 32.6 Å². The van der Waals surface area contributed by atoms with Crippen LogP contribution in [0.1, 0.15) is 5.56 Å². The molecule has 0 radical (unpaired) electrons. The summed E-state index contributed by atoms with van der Waals surface area (Å²) in [5.74, 6) is 0. The molecule has 4 aromatic rings. The lowest BCUT2D eigenvalue weighted by Gasteiger charge is -2.06. The average molecular weight is 324 g/mol. The van der Waals surface area contributed by atoms with Gasteiger partial charge < -0.3 is 17.0 Å². The van der Waals surface area contributed by atoms with Crippen molar-refractivity contribution >= 4 is 27.1 Å². The normalized spacial score (nSPS) is 10.8. The van der Waals surface area contributed by atoms with Crippen LogP contribution >= 0.6 is 0 Å². The minimum atomic E-state index is 0. The highest BCUT2D eigenvalue weighted by Crippen LogP contribution is 2.27. The molecular formula is C18H14BrN. The lowest BCUT2D eigenvalue weighted by atomic mass is 9.99. The molecule has 0 aliphatic rings. The van der Waals surface area contributed by atoms with Crippen molar-refractivity contribution in [3.8, 4) is 0 Å². The van der Waals surface area contributed by atoms with Crippen LogP contribution in [0.15, 0.2) is 67.0 Å². The molecule has 0 unspecified atom stereocenters. The molecular weight excluding hydrogens is 310 g/mol. The minimum absolute atomic E-state index is 0. The Morgan fingerprint density at radius 2 is 1.55 bits per heavy atom. The fourth-order valence-electron chi connectivity index (χ4n) is 2.88. The lowest BCUT2D eigenvalue weighted by molar-refractivity contribution is -0.510. The molecule has 0 saturated heterocycles. The SMILES string of the molecule is Cc1cc2cc3cccc[n+]3cc2c2ccccc12.[Br-]. The summed E-state index contributed by atoms with van der Waals surface area (Å²) in [6, 6.07) is 19.5. The van der Waals surface area contributed by atoms with Crippen molar-refractivity contribution in [2.75, 3.05) is 0 Å². The van der Waals surface area contributed by atoms with Gasteiger partial charge in [-0.1, -0.05) is 30.3 Å². The maximum Gasteiger partial charge on any atom is 0.211 e. The van der Waals surface area contributed by atoms with Crippen LogP contribution in [0.5, 0.6) is 0 Å². The van der Waals surface area contributed by atoms with Gasteiger partial charge in [0.15, 0.2) is 12.4 Å². The van der Waals surface area contributed by atoms with Crippen molar-refractivity contribution in [1.82, 2.24) is 0 Å². The van der Waals surface area contributed by atoms with E-state index in [0.29, 0.717) is 0 Å². The number of benzene rings is 2. The van der Waals surface area contributed by atoms with E-state index in [2.05, 4.69) is 78.3 Å². The van der Waals surface area contributed by atoms with E-state index < -0.39 is 0 Å². The average Bonchev–Trinajstić information content (AvgIpc) is 2.46. The fourth-order valence-corrected chi connectivity index (χ4v) is 2.88. The number of aromatic nitrogens is 1. The number of nitrogens with zero attached hydrogens (tertiary/aromatic N) is 1. The maximum absolute atomic E-state index is 2.28. The first kappa shape index (κ1) is 13.1. The molecule has 4 rings (SSSR count). The third-order valence-corrected chi connectivity index (χ3v) is 3.82. The number of fused-ring (bicyclic) bond motifs is 4. The molecule has 1 nitrogen and oxygen atoms in total. The first-order chi connectivity index (χ1) is 9.33. The van der Waals surface area contributed by atoms with Crippen molar-refractivity contribution in [3.63, 3.8) is 0 Å². The summed E-state index contributed by atoms with van der Waals surface area (Å²) >= 11 is 0. The third kappa shape index (κ3) is 1.88. The Morgan fingerprint density at radius 1 is 0.800 bits per heavy atom. The first-order valence-electron chi connectivity index (χ1n) is 6.55. The number of hydrogen-bond acceptors (Lipinski definition) is 0. The smallest absolute Gasteiger partial charge is 0.211 e. The van der Waals surface area contributed by atoms with Crippen LogP contribution < -0.4 is 21.4 Å². The van der Waals surface area contributed by atoms with Crippen LogP contribution in [-0.4, -0.2) is 0 Å². The van der Waals surface area contributed by atoms with Gasteiger partial charge in [-0.05, 0) is 34.7 Å². The van der Waals surface area contributed by atoms with E-state index in [9.17, 15) is 0 Å². The Kier molecular flexibility index (Phi) is 3.19. The van der Waals surface area contributed by atoms with Gasteiger partial charge in [0, 0.05) is 18.2 Å². The summed E-state index contributed by atoms with van der Waals surface area (Å²) in [5.41, 5.74) is 2.56. The topological polar surface area (TPSA) is 4.10 Å². The van der Waals surface area contributed by atoms with Gasteiger partial charge in [0.1, 0.15) is 0 Å². The summed E-state index contributed by atoms with van der Waals surface area (Å²) in [6.07, 6.45) is 4.33. The van der Waals surface area contributed by atoms with Crippen molar-refractivity contribution in [2.24, 2.45) is 0 Å². The number of aryl methyl sites for hydroxylation is 1. The molecule has 0 bridgehead atoms. The maximum atomic E-state index is 2.28. The molecule has 0 fully saturated rings. The zero-order valence-electron chi connectivity index (χ0n) is 11.2. The molecule has 0 saturated carbocycles. The molecule has 0 amide bonds. The Balaban J connectivity index is 0.00000121. The number of halogens is 1. The van der Waals surface area contributed by atoms with Gasteiger partial charge in [0.25, 0.3) is 0 Å². The minimum Gasteiger partial charge on any atom is -1.00 e. The van der Waals surface area contributed by atoms with E-state index in [4.69, 9.17) is 0 Å². The van der Waals surface area contributed by atoms with E-state index in [-0.39, 0.29) is 17.0 Å². The molecule has 2 heterocycles. The van der Waals surface area contributed by atoms with Gasteiger partial charge >= 0.3 is 0 Å². The molecule has 0 aliphatic carbocycles. The van der Waals surface area contributed by atoms with Gasteiger partial charge in [-0.3, -0.25) is 0 Å². The fraction of sp³-hybridized carbons (Fsp3) is 0.0556. The number of pyridine rings is 2. The molecule has 0 aliphatic heterocycles. The van der Waals surface area contributed by atoms with Crippen LogP contribution in [-0.2, 0) is 0 Å². The number of hydrogen-bond donors (Lipinski definition) is 0. The summed E-state index contributed by atoms with van der Waals surface area (Å²) < 4.78 is 2.18.